The van der Waals surface area contributed by atoms with Gasteiger partial charge in [-0.15, -0.1) is 11.6 Å². The highest BCUT2D eigenvalue weighted by Crippen LogP contribution is 2.30. The molecule has 1 nitrogen and oxygen atoms in total. The number of hydrogen-bond donors (Lipinski definition) is 1. The molecule has 0 aromatic heterocycles. The van der Waals surface area contributed by atoms with Crippen molar-refractivity contribution >= 4 is 11.6 Å². The molecular weight excluding hydrogens is 282 g/mol. The van der Waals surface area contributed by atoms with E-state index < -0.39 is 17.2 Å². The number of rotatable bonds is 5. The third kappa shape index (κ3) is 3.35. The summed E-state index contributed by atoms with van der Waals surface area (Å²) in [4.78, 5) is 0. The Kier molecular flexibility index (Phi) is 4.73. The van der Waals surface area contributed by atoms with Crippen LogP contribution in [0, 0.1) is 11.6 Å². The normalized spacial score (nSPS) is 14.0. The Labute approximate surface area is 121 Å². The standard InChI is InChI=1S/C16H15ClF2O/c17-9-8-16(20,13-4-2-1-3-5-13)11-12-6-7-14(18)15(19)10-12/h1-7,10,20H,8-9,11H2. The van der Waals surface area contributed by atoms with Crippen molar-refractivity contribution in [3.05, 3.63) is 71.3 Å². The second kappa shape index (κ2) is 6.33. The summed E-state index contributed by atoms with van der Waals surface area (Å²) >= 11 is 5.76. The van der Waals surface area contributed by atoms with E-state index in [0.717, 1.165) is 12.1 Å². The van der Waals surface area contributed by atoms with E-state index in [-0.39, 0.29) is 12.3 Å². The molecule has 0 aliphatic rings. The highest BCUT2D eigenvalue weighted by atomic mass is 35.5. The quantitative estimate of drug-likeness (QED) is 0.826. The third-order valence-electron chi connectivity index (χ3n) is 3.30. The van der Waals surface area contributed by atoms with Crippen LogP contribution in [0.15, 0.2) is 48.5 Å². The third-order valence-corrected chi connectivity index (χ3v) is 3.49. The van der Waals surface area contributed by atoms with Gasteiger partial charge in [-0.25, -0.2) is 8.78 Å². The maximum Gasteiger partial charge on any atom is 0.159 e. The molecule has 0 saturated heterocycles. The Morgan fingerprint density at radius 2 is 1.70 bits per heavy atom. The molecule has 0 amide bonds. The van der Waals surface area contributed by atoms with Crippen molar-refractivity contribution in [1.82, 2.24) is 0 Å². The maximum absolute atomic E-state index is 13.3. The largest absolute Gasteiger partial charge is 0.385 e. The van der Waals surface area contributed by atoms with Crippen LogP contribution in [-0.4, -0.2) is 11.0 Å². The van der Waals surface area contributed by atoms with Crippen LogP contribution in [-0.2, 0) is 12.0 Å². The van der Waals surface area contributed by atoms with Crippen molar-refractivity contribution in [2.24, 2.45) is 0 Å². The number of aliphatic hydroxyl groups is 1. The summed E-state index contributed by atoms with van der Waals surface area (Å²) in [6.45, 7) is 0. The van der Waals surface area contributed by atoms with Crippen molar-refractivity contribution in [3.63, 3.8) is 0 Å². The van der Waals surface area contributed by atoms with Gasteiger partial charge >= 0.3 is 0 Å². The fourth-order valence-corrected chi connectivity index (χ4v) is 2.54. The van der Waals surface area contributed by atoms with Gasteiger partial charge in [-0.05, 0) is 29.7 Å². The van der Waals surface area contributed by atoms with Gasteiger partial charge in [-0.2, -0.15) is 0 Å². The van der Waals surface area contributed by atoms with E-state index in [1.54, 1.807) is 12.1 Å². The zero-order valence-electron chi connectivity index (χ0n) is 10.8. The SMILES string of the molecule is OC(CCCl)(Cc1ccc(F)c(F)c1)c1ccccc1. The lowest BCUT2D eigenvalue weighted by Crippen LogP contribution is -2.29. The van der Waals surface area contributed by atoms with Gasteiger partial charge in [-0.1, -0.05) is 36.4 Å². The van der Waals surface area contributed by atoms with Gasteiger partial charge in [0.15, 0.2) is 11.6 Å². The van der Waals surface area contributed by atoms with Crippen LogP contribution in [0.25, 0.3) is 0 Å². The highest BCUT2D eigenvalue weighted by molar-refractivity contribution is 6.17. The molecule has 2 aromatic rings. The van der Waals surface area contributed by atoms with Gasteiger partial charge in [-0.3, -0.25) is 0 Å². The van der Waals surface area contributed by atoms with Crippen molar-refractivity contribution in [2.45, 2.75) is 18.4 Å². The second-order valence-corrected chi connectivity index (χ2v) is 5.14. The van der Waals surface area contributed by atoms with E-state index in [1.165, 1.54) is 6.07 Å². The molecule has 1 atom stereocenters. The summed E-state index contributed by atoms with van der Waals surface area (Å²) in [5.74, 6) is -1.53. The molecule has 106 valence electrons. The molecule has 0 radical (unpaired) electrons. The van der Waals surface area contributed by atoms with E-state index >= 15 is 0 Å². The molecule has 4 heteroatoms. The van der Waals surface area contributed by atoms with E-state index in [0.29, 0.717) is 17.5 Å². The van der Waals surface area contributed by atoms with Crippen LogP contribution in [0.2, 0.25) is 0 Å². The molecule has 0 aliphatic heterocycles. The molecule has 0 aliphatic carbocycles. The average molecular weight is 297 g/mol. The zero-order chi connectivity index (χ0) is 14.6. The van der Waals surface area contributed by atoms with Gasteiger partial charge in [0.2, 0.25) is 0 Å². The average Bonchev–Trinajstić information content (AvgIpc) is 2.44. The molecule has 0 saturated carbocycles. The molecule has 2 rings (SSSR count). The van der Waals surface area contributed by atoms with E-state index in [4.69, 9.17) is 11.6 Å². The topological polar surface area (TPSA) is 20.2 Å². The fourth-order valence-electron chi connectivity index (χ4n) is 2.23. The van der Waals surface area contributed by atoms with Crippen molar-refractivity contribution in [1.29, 1.82) is 0 Å². The first-order valence-electron chi connectivity index (χ1n) is 6.33. The Hall–Kier alpha value is -1.45. The lowest BCUT2D eigenvalue weighted by molar-refractivity contribution is 0.0336. The molecule has 0 spiro atoms. The Morgan fingerprint density at radius 1 is 1.00 bits per heavy atom. The monoisotopic (exact) mass is 296 g/mol. The van der Waals surface area contributed by atoms with Crippen molar-refractivity contribution in [3.8, 4) is 0 Å². The molecule has 0 heterocycles. The lowest BCUT2D eigenvalue weighted by atomic mass is 9.85. The maximum atomic E-state index is 13.3. The van der Waals surface area contributed by atoms with Crippen LogP contribution in [0.5, 0.6) is 0 Å². The van der Waals surface area contributed by atoms with Gasteiger partial charge in [0.25, 0.3) is 0 Å². The van der Waals surface area contributed by atoms with E-state index in [2.05, 4.69) is 0 Å². The molecule has 1 N–H and O–H groups in total. The summed E-state index contributed by atoms with van der Waals surface area (Å²) < 4.78 is 26.2. The summed E-state index contributed by atoms with van der Waals surface area (Å²) in [6, 6.07) is 12.7. The molecule has 1 unspecified atom stereocenters. The first-order valence-corrected chi connectivity index (χ1v) is 6.86. The molecular formula is C16H15ClF2O. The van der Waals surface area contributed by atoms with Gasteiger partial charge in [0.05, 0.1) is 5.60 Å². The number of alkyl halides is 1. The predicted molar refractivity (Wildman–Crippen MR) is 75.7 cm³/mol. The number of benzene rings is 2. The smallest absolute Gasteiger partial charge is 0.159 e. The molecule has 0 bridgehead atoms. The fraction of sp³-hybridized carbons (Fsp3) is 0.250. The van der Waals surface area contributed by atoms with Crippen molar-refractivity contribution in [2.75, 3.05) is 5.88 Å². The van der Waals surface area contributed by atoms with Crippen LogP contribution >= 0.6 is 11.6 Å². The zero-order valence-corrected chi connectivity index (χ0v) is 11.6. The van der Waals surface area contributed by atoms with Crippen LogP contribution in [0.3, 0.4) is 0 Å². The van der Waals surface area contributed by atoms with Crippen LogP contribution in [0.4, 0.5) is 8.78 Å². The lowest BCUT2D eigenvalue weighted by Gasteiger charge is -2.28. The van der Waals surface area contributed by atoms with Crippen LogP contribution < -0.4 is 0 Å². The molecule has 20 heavy (non-hydrogen) atoms. The summed E-state index contributed by atoms with van der Waals surface area (Å²) in [5.41, 5.74) is 0.0542. The van der Waals surface area contributed by atoms with Gasteiger partial charge < -0.3 is 5.11 Å². The first-order chi connectivity index (χ1) is 9.55. The first kappa shape index (κ1) is 14.9. The highest BCUT2D eigenvalue weighted by Gasteiger charge is 2.29. The minimum atomic E-state index is -1.19. The van der Waals surface area contributed by atoms with Gasteiger partial charge in [0, 0.05) is 12.3 Å². The van der Waals surface area contributed by atoms with Crippen molar-refractivity contribution < 1.29 is 13.9 Å². The molecule has 0 fully saturated rings. The van der Waals surface area contributed by atoms with Gasteiger partial charge in [0.1, 0.15) is 0 Å². The summed E-state index contributed by atoms with van der Waals surface area (Å²) in [6.07, 6.45) is 0.512. The van der Waals surface area contributed by atoms with E-state index in [9.17, 15) is 13.9 Å². The predicted octanol–water partition coefficient (Wildman–Crippen LogP) is 4.02. The minimum Gasteiger partial charge on any atom is -0.385 e. The Bertz CT molecular complexity index is 574. The van der Waals surface area contributed by atoms with Crippen LogP contribution in [0.1, 0.15) is 17.5 Å². The number of hydrogen-bond acceptors (Lipinski definition) is 1. The summed E-state index contributed by atoms with van der Waals surface area (Å²) in [7, 11) is 0. The Morgan fingerprint density at radius 3 is 2.30 bits per heavy atom. The summed E-state index contributed by atoms with van der Waals surface area (Å²) in [5, 5.41) is 10.8. The second-order valence-electron chi connectivity index (χ2n) is 4.76. The minimum absolute atomic E-state index is 0.181. The number of halogens is 3. The Balaban J connectivity index is 2.31. The van der Waals surface area contributed by atoms with E-state index in [1.807, 2.05) is 18.2 Å². The molecule has 2 aromatic carbocycles.